The van der Waals surface area contributed by atoms with Crippen molar-refractivity contribution in [2.24, 2.45) is 0 Å². The fraction of sp³-hybridized carbons (Fsp3) is 0.471. The number of anilines is 1. The molecule has 0 bridgehead atoms. The second-order valence-electron chi connectivity index (χ2n) is 5.90. The molecule has 0 saturated carbocycles. The summed E-state index contributed by atoms with van der Waals surface area (Å²) in [5, 5.41) is 1.23. The van der Waals surface area contributed by atoms with Gasteiger partial charge in [-0.25, -0.2) is 0 Å². The van der Waals surface area contributed by atoms with Gasteiger partial charge in [-0.15, -0.1) is 11.6 Å². The van der Waals surface area contributed by atoms with Gasteiger partial charge in [0.15, 0.2) is 0 Å². The van der Waals surface area contributed by atoms with E-state index in [-0.39, 0.29) is 0 Å². The van der Waals surface area contributed by atoms with Crippen LogP contribution in [0.25, 0.3) is 10.9 Å². The van der Waals surface area contributed by atoms with Crippen LogP contribution in [-0.4, -0.2) is 42.1 Å². The molecule has 0 N–H and O–H groups in total. The minimum absolute atomic E-state index is 0.462. The maximum Gasteiger partial charge on any atom is 0.0726 e. The molecule has 0 spiro atoms. The molecule has 0 aliphatic carbocycles. The van der Waals surface area contributed by atoms with E-state index in [4.69, 9.17) is 11.6 Å². The molecule has 3 nitrogen and oxygen atoms in total. The van der Waals surface area contributed by atoms with Gasteiger partial charge in [0.1, 0.15) is 0 Å². The quantitative estimate of drug-likeness (QED) is 0.809. The predicted molar refractivity (Wildman–Crippen MR) is 90.2 cm³/mol. The second kappa shape index (κ2) is 6.20. The number of nitrogens with zero attached hydrogens (tertiary/aromatic N) is 3. The first-order chi connectivity index (χ1) is 10.2. The van der Waals surface area contributed by atoms with Gasteiger partial charge in [-0.05, 0) is 26.0 Å². The van der Waals surface area contributed by atoms with Gasteiger partial charge < -0.3 is 4.90 Å². The zero-order valence-corrected chi connectivity index (χ0v) is 13.5. The zero-order chi connectivity index (χ0) is 14.8. The summed E-state index contributed by atoms with van der Waals surface area (Å²) < 4.78 is 0. The molecule has 0 atom stereocenters. The molecule has 2 heterocycles. The first-order valence-corrected chi connectivity index (χ1v) is 8.16. The minimum atomic E-state index is 0.462. The average Bonchev–Trinajstić information content (AvgIpc) is 2.53. The summed E-state index contributed by atoms with van der Waals surface area (Å²) >= 11 is 6.01. The van der Waals surface area contributed by atoms with Crippen molar-refractivity contribution < 1.29 is 0 Å². The molecule has 1 fully saturated rings. The summed E-state index contributed by atoms with van der Waals surface area (Å²) in [5.41, 5.74) is 3.27. The van der Waals surface area contributed by atoms with Crippen LogP contribution in [0.3, 0.4) is 0 Å². The molecular formula is C17H22ClN3. The largest absolute Gasteiger partial charge is 0.368 e. The number of piperazine rings is 1. The molecule has 1 saturated heterocycles. The Kier molecular flexibility index (Phi) is 4.32. The van der Waals surface area contributed by atoms with Crippen molar-refractivity contribution in [3.63, 3.8) is 0 Å². The third kappa shape index (κ3) is 2.99. The number of rotatable bonds is 3. The number of hydrogen-bond donors (Lipinski definition) is 0. The predicted octanol–water partition coefficient (Wildman–Crippen LogP) is 3.50. The van der Waals surface area contributed by atoms with Crippen LogP contribution in [0.5, 0.6) is 0 Å². The molecule has 0 amide bonds. The summed E-state index contributed by atoms with van der Waals surface area (Å²) in [6.45, 7) is 8.89. The summed E-state index contributed by atoms with van der Waals surface area (Å²) in [6.07, 6.45) is 0. The zero-order valence-electron chi connectivity index (χ0n) is 12.7. The third-order valence-electron chi connectivity index (χ3n) is 4.27. The lowest BCUT2D eigenvalue weighted by Gasteiger charge is -2.38. The normalized spacial score (nSPS) is 16.9. The number of benzene rings is 1. The van der Waals surface area contributed by atoms with Gasteiger partial charge in [0.25, 0.3) is 0 Å². The Bertz CT molecular complexity index is 618. The summed E-state index contributed by atoms with van der Waals surface area (Å²) in [7, 11) is 0. The molecule has 1 aliphatic rings. The number of hydrogen-bond acceptors (Lipinski definition) is 3. The van der Waals surface area contributed by atoms with E-state index in [2.05, 4.69) is 52.9 Å². The molecule has 1 aromatic heterocycles. The highest BCUT2D eigenvalue weighted by Gasteiger charge is 2.20. The Balaban J connectivity index is 1.93. The molecule has 112 valence electrons. The standard InChI is InChI=1S/C17H22ClN3/c1-13(2)20-7-9-21(10-8-20)17-11-14(12-18)19-16-6-4-3-5-15(16)17/h3-6,11,13H,7-10,12H2,1-2H3. The Hall–Kier alpha value is -1.32. The lowest BCUT2D eigenvalue weighted by molar-refractivity contribution is 0.209. The van der Waals surface area contributed by atoms with Crippen molar-refractivity contribution >= 4 is 28.2 Å². The Morgan fingerprint density at radius 3 is 2.52 bits per heavy atom. The van der Waals surface area contributed by atoms with Crippen LogP contribution in [0.1, 0.15) is 19.5 Å². The van der Waals surface area contributed by atoms with Crippen molar-refractivity contribution in [3.8, 4) is 0 Å². The lowest BCUT2D eigenvalue weighted by atomic mass is 10.1. The highest BCUT2D eigenvalue weighted by atomic mass is 35.5. The van der Waals surface area contributed by atoms with E-state index in [1.54, 1.807) is 0 Å². The van der Waals surface area contributed by atoms with E-state index in [9.17, 15) is 0 Å². The van der Waals surface area contributed by atoms with Crippen LogP contribution >= 0.6 is 11.6 Å². The molecule has 0 unspecified atom stereocenters. The van der Waals surface area contributed by atoms with Gasteiger partial charge in [0.05, 0.1) is 17.1 Å². The first-order valence-electron chi connectivity index (χ1n) is 7.62. The minimum Gasteiger partial charge on any atom is -0.368 e. The van der Waals surface area contributed by atoms with Crippen molar-refractivity contribution in [1.29, 1.82) is 0 Å². The van der Waals surface area contributed by atoms with E-state index in [1.165, 1.54) is 11.1 Å². The Labute approximate surface area is 131 Å². The molecule has 0 radical (unpaired) electrons. The highest BCUT2D eigenvalue weighted by Crippen LogP contribution is 2.28. The molecule has 3 rings (SSSR count). The molecule has 4 heteroatoms. The van der Waals surface area contributed by atoms with Gasteiger partial charge >= 0.3 is 0 Å². The second-order valence-corrected chi connectivity index (χ2v) is 6.17. The van der Waals surface area contributed by atoms with Gasteiger partial charge in [-0.3, -0.25) is 9.88 Å². The molecule has 21 heavy (non-hydrogen) atoms. The maximum atomic E-state index is 6.01. The number of halogens is 1. The van der Waals surface area contributed by atoms with Crippen LogP contribution in [0.4, 0.5) is 5.69 Å². The number of fused-ring (bicyclic) bond motifs is 1. The third-order valence-corrected chi connectivity index (χ3v) is 4.54. The van der Waals surface area contributed by atoms with Crippen LogP contribution in [-0.2, 0) is 5.88 Å². The average molecular weight is 304 g/mol. The van der Waals surface area contributed by atoms with Crippen LogP contribution in [0, 0.1) is 0 Å². The molecule has 1 aliphatic heterocycles. The van der Waals surface area contributed by atoms with Gasteiger partial charge in [-0.1, -0.05) is 18.2 Å². The SMILES string of the molecule is CC(C)N1CCN(c2cc(CCl)nc3ccccc23)CC1. The first kappa shape index (κ1) is 14.6. The van der Waals surface area contributed by atoms with Crippen LogP contribution < -0.4 is 4.90 Å². The van der Waals surface area contributed by atoms with Gasteiger partial charge in [0.2, 0.25) is 0 Å². The Morgan fingerprint density at radius 2 is 1.86 bits per heavy atom. The number of para-hydroxylation sites is 1. The van der Waals surface area contributed by atoms with Crippen molar-refractivity contribution in [2.75, 3.05) is 31.1 Å². The molecule has 1 aromatic carbocycles. The fourth-order valence-corrected chi connectivity index (χ4v) is 3.16. The topological polar surface area (TPSA) is 19.4 Å². The summed E-state index contributed by atoms with van der Waals surface area (Å²) in [5.74, 6) is 0.462. The summed E-state index contributed by atoms with van der Waals surface area (Å²) in [4.78, 5) is 9.62. The number of pyridine rings is 1. The van der Waals surface area contributed by atoms with E-state index in [0.717, 1.165) is 37.4 Å². The monoisotopic (exact) mass is 303 g/mol. The van der Waals surface area contributed by atoms with Crippen molar-refractivity contribution in [1.82, 2.24) is 9.88 Å². The van der Waals surface area contributed by atoms with Crippen molar-refractivity contribution in [3.05, 3.63) is 36.0 Å². The van der Waals surface area contributed by atoms with Gasteiger partial charge in [0, 0.05) is 43.3 Å². The van der Waals surface area contributed by atoms with E-state index < -0.39 is 0 Å². The maximum absolute atomic E-state index is 6.01. The van der Waals surface area contributed by atoms with Gasteiger partial charge in [-0.2, -0.15) is 0 Å². The lowest BCUT2D eigenvalue weighted by Crippen LogP contribution is -2.49. The van der Waals surface area contributed by atoms with E-state index in [0.29, 0.717) is 11.9 Å². The van der Waals surface area contributed by atoms with E-state index >= 15 is 0 Å². The Morgan fingerprint density at radius 1 is 1.14 bits per heavy atom. The van der Waals surface area contributed by atoms with Crippen molar-refractivity contribution in [2.45, 2.75) is 25.8 Å². The number of aromatic nitrogens is 1. The molecule has 2 aromatic rings. The number of alkyl halides is 1. The fourth-order valence-electron chi connectivity index (χ4n) is 3.02. The van der Waals surface area contributed by atoms with Crippen LogP contribution in [0.15, 0.2) is 30.3 Å². The smallest absolute Gasteiger partial charge is 0.0726 e. The summed E-state index contributed by atoms with van der Waals surface area (Å²) in [6, 6.07) is 11.1. The molecular weight excluding hydrogens is 282 g/mol. The highest BCUT2D eigenvalue weighted by molar-refractivity contribution is 6.17. The van der Waals surface area contributed by atoms with E-state index in [1.807, 2.05) is 6.07 Å². The van der Waals surface area contributed by atoms with Crippen LogP contribution in [0.2, 0.25) is 0 Å².